The number of aromatic nitrogens is 4. The van der Waals surface area contributed by atoms with Gasteiger partial charge in [0.05, 0.1) is 17.8 Å². The molecule has 0 saturated heterocycles. The molecule has 2 aromatic heterocycles. The molecule has 0 spiro atoms. The molecule has 9 heteroatoms. The summed E-state index contributed by atoms with van der Waals surface area (Å²) >= 11 is 1.24. The number of hydrogen-bond acceptors (Lipinski definition) is 7. The highest BCUT2D eigenvalue weighted by Gasteiger charge is 2.58. The number of benzene rings is 1. The van der Waals surface area contributed by atoms with Crippen molar-refractivity contribution in [3.63, 3.8) is 0 Å². The van der Waals surface area contributed by atoms with Crippen molar-refractivity contribution < 1.29 is 13.9 Å². The Morgan fingerprint density at radius 2 is 1.86 bits per heavy atom. The minimum atomic E-state index is -0.911. The Morgan fingerprint density at radius 3 is 2.51 bits per heavy atom. The fourth-order valence-electron chi connectivity index (χ4n) is 6.59. The van der Waals surface area contributed by atoms with Gasteiger partial charge in [-0.2, -0.15) is 0 Å². The third kappa shape index (κ3) is 4.35. The van der Waals surface area contributed by atoms with Crippen LogP contribution in [0, 0.1) is 16.6 Å². The Labute approximate surface area is 219 Å². The van der Waals surface area contributed by atoms with E-state index in [4.69, 9.17) is 0 Å². The molecule has 3 fully saturated rings. The fourth-order valence-corrected chi connectivity index (χ4v) is 7.00. The molecule has 2 heterocycles. The summed E-state index contributed by atoms with van der Waals surface area (Å²) in [6.07, 6.45) is 9.91. The van der Waals surface area contributed by atoms with E-state index in [-0.39, 0.29) is 34.5 Å². The number of hydrogen-bond donors (Lipinski definition) is 1. The van der Waals surface area contributed by atoms with Crippen molar-refractivity contribution >= 4 is 17.6 Å². The number of rotatable bonds is 6. The molecule has 0 radical (unpaired) electrons. The summed E-state index contributed by atoms with van der Waals surface area (Å²) in [4.78, 5) is 10.8. The first-order chi connectivity index (χ1) is 17.7. The van der Waals surface area contributed by atoms with Crippen LogP contribution in [0.5, 0.6) is 5.75 Å². The Morgan fingerprint density at radius 1 is 1.05 bits per heavy atom. The van der Waals surface area contributed by atoms with E-state index in [0.29, 0.717) is 27.5 Å². The van der Waals surface area contributed by atoms with Gasteiger partial charge in [-0.3, -0.25) is 0 Å². The van der Waals surface area contributed by atoms with Crippen molar-refractivity contribution in [2.75, 3.05) is 11.2 Å². The largest absolute Gasteiger partial charge is 0.507 e. The van der Waals surface area contributed by atoms with Gasteiger partial charge in [0.25, 0.3) is 0 Å². The van der Waals surface area contributed by atoms with E-state index in [2.05, 4.69) is 38.9 Å². The molecule has 6 rings (SSSR count). The molecule has 3 saturated carbocycles. The number of fused-ring (bicyclic) bond motifs is 2. The van der Waals surface area contributed by atoms with Crippen LogP contribution in [-0.2, 0) is 0 Å². The van der Waals surface area contributed by atoms with Crippen LogP contribution >= 0.6 is 11.8 Å². The zero-order chi connectivity index (χ0) is 25.9. The van der Waals surface area contributed by atoms with Crippen molar-refractivity contribution in [3.8, 4) is 28.3 Å². The van der Waals surface area contributed by atoms with E-state index in [9.17, 15) is 9.50 Å². The van der Waals surface area contributed by atoms with E-state index >= 15 is 4.39 Å². The van der Waals surface area contributed by atoms with E-state index in [1.807, 2.05) is 0 Å². The van der Waals surface area contributed by atoms with Crippen LogP contribution in [0.15, 0.2) is 41.7 Å². The van der Waals surface area contributed by atoms with Crippen molar-refractivity contribution in [1.82, 2.24) is 20.2 Å². The van der Waals surface area contributed by atoms with Gasteiger partial charge in [0.1, 0.15) is 16.9 Å². The molecule has 1 N–H and O–H groups in total. The van der Waals surface area contributed by atoms with Crippen molar-refractivity contribution in [1.29, 1.82) is 0 Å². The molecule has 0 amide bonds. The topological polar surface area (TPSA) is 75.0 Å². The van der Waals surface area contributed by atoms with Gasteiger partial charge in [0.2, 0.25) is 0 Å². The maximum absolute atomic E-state index is 15.9. The number of thioether (sulfide) groups is 1. The quantitative estimate of drug-likeness (QED) is 0.373. The average molecular weight is 524 g/mol. The maximum atomic E-state index is 15.9. The molecule has 3 aliphatic carbocycles. The normalized spacial score (nSPS) is 28.9. The van der Waals surface area contributed by atoms with E-state index in [1.54, 1.807) is 36.8 Å². The SMILES string of the molecule is CSc1ncc(-c2ccc(-c3ncc(N(C4CC4)[C@@H]4C[C@@]5(C)CC[C@](C)(C5)[C@@H]4F)nn3)c(O)c2)cc1F. The predicted octanol–water partition coefficient (Wildman–Crippen LogP) is 6.44. The second-order valence-electron chi connectivity index (χ2n) is 11.5. The van der Waals surface area contributed by atoms with Crippen molar-refractivity contribution in [2.24, 2.45) is 10.8 Å². The molecule has 3 aliphatic rings. The number of phenols is 1. The monoisotopic (exact) mass is 523 g/mol. The zero-order valence-electron chi connectivity index (χ0n) is 21.3. The summed E-state index contributed by atoms with van der Waals surface area (Å²) in [7, 11) is 0. The van der Waals surface area contributed by atoms with Gasteiger partial charge in [-0.15, -0.1) is 22.0 Å². The Kier molecular flexibility index (Phi) is 5.89. The van der Waals surface area contributed by atoms with Gasteiger partial charge >= 0.3 is 0 Å². The van der Waals surface area contributed by atoms with Crippen molar-refractivity contribution in [2.45, 2.75) is 75.7 Å². The molecule has 0 aliphatic heterocycles. The van der Waals surface area contributed by atoms with Crippen LogP contribution in [0.4, 0.5) is 14.6 Å². The molecule has 4 atom stereocenters. The summed E-state index contributed by atoms with van der Waals surface area (Å²) < 4.78 is 30.1. The van der Waals surface area contributed by atoms with Crippen LogP contribution in [0.3, 0.4) is 0 Å². The summed E-state index contributed by atoms with van der Waals surface area (Å²) in [6, 6.07) is 6.46. The molecule has 2 bridgehead atoms. The molecular formula is C28H31F2N5OS. The van der Waals surface area contributed by atoms with E-state index < -0.39 is 12.0 Å². The molecule has 194 valence electrons. The second kappa shape index (κ2) is 8.89. The van der Waals surface area contributed by atoms with E-state index in [0.717, 1.165) is 38.5 Å². The van der Waals surface area contributed by atoms with Crippen LogP contribution in [0.1, 0.15) is 52.4 Å². The van der Waals surface area contributed by atoms with Crippen LogP contribution in [0.25, 0.3) is 22.5 Å². The lowest BCUT2D eigenvalue weighted by atomic mass is 9.67. The van der Waals surface area contributed by atoms with Gasteiger partial charge < -0.3 is 10.0 Å². The molecule has 6 nitrogen and oxygen atoms in total. The maximum Gasteiger partial charge on any atom is 0.185 e. The van der Waals surface area contributed by atoms with Gasteiger partial charge in [-0.25, -0.2) is 18.7 Å². The van der Waals surface area contributed by atoms with Gasteiger partial charge in [0.15, 0.2) is 17.5 Å². The van der Waals surface area contributed by atoms with Crippen molar-refractivity contribution in [3.05, 3.63) is 42.5 Å². The average Bonchev–Trinajstić information content (AvgIpc) is 3.67. The van der Waals surface area contributed by atoms with Crippen LogP contribution in [0.2, 0.25) is 0 Å². The molecular weight excluding hydrogens is 492 g/mol. The Balaban J connectivity index is 1.27. The second-order valence-corrected chi connectivity index (χ2v) is 12.3. The van der Waals surface area contributed by atoms with Crippen LogP contribution < -0.4 is 4.90 Å². The Bertz CT molecular complexity index is 1340. The van der Waals surface area contributed by atoms with Gasteiger partial charge in [-0.05, 0) is 74.0 Å². The minimum absolute atomic E-state index is 0.0334. The number of aromatic hydroxyl groups is 1. The lowest BCUT2D eigenvalue weighted by Gasteiger charge is -2.47. The van der Waals surface area contributed by atoms with E-state index in [1.165, 1.54) is 17.8 Å². The standard InChI is InChI=1S/C28H31F2N5OS/c1-27-8-9-28(2,15-27)24(30)21(12-27)35(18-5-6-18)23-14-31-25(34-33-23)19-7-4-16(11-22(19)36)17-10-20(29)26(37-3)32-13-17/h4,7,10-11,13-14,18,21,24,36H,5-6,8-9,12,15H2,1-3H3/t21-,24-,27-,28-/m1/s1. The highest BCUT2D eigenvalue weighted by atomic mass is 32.2. The number of anilines is 1. The number of phenolic OH excluding ortho intramolecular Hbond substituents is 1. The van der Waals surface area contributed by atoms with Crippen LogP contribution in [-0.4, -0.2) is 49.8 Å². The Hall–Kier alpha value is -2.81. The summed E-state index contributed by atoms with van der Waals surface area (Å²) in [5.74, 6) is 0.444. The first kappa shape index (κ1) is 24.5. The van der Waals surface area contributed by atoms with Gasteiger partial charge in [0, 0.05) is 23.2 Å². The first-order valence-electron chi connectivity index (χ1n) is 12.9. The highest BCUT2D eigenvalue weighted by molar-refractivity contribution is 7.98. The minimum Gasteiger partial charge on any atom is -0.507 e. The molecule has 1 aromatic carbocycles. The molecule has 3 aromatic rings. The lowest BCUT2D eigenvalue weighted by molar-refractivity contribution is 0.0357. The first-order valence-corrected chi connectivity index (χ1v) is 14.1. The summed E-state index contributed by atoms with van der Waals surface area (Å²) in [5, 5.41) is 19.9. The number of nitrogens with zero attached hydrogens (tertiary/aromatic N) is 5. The third-order valence-corrected chi connectivity index (χ3v) is 9.21. The number of halogens is 2. The number of pyridine rings is 1. The van der Waals surface area contributed by atoms with Gasteiger partial charge in [-0.1, -0.05) is 19.9 Å². The third-order valence-electron chi connectivity index (χ3n) is 8.52. The predicted molar refractivity (Wildman–Crippen MR) is 141 cm³/mol. The smallest absolute Gasteiger partial charge is 0.185 e. The fraction of sp³-hybridized carbons (Fsp3) is 0.500. The molecule has 37 heavy (non-hydrogen) atoms. The lowest BCUT2D eigenvalue weighted by Crippen LogP contribution is -2.54. The summed E-state index contributed by atoms with van der Waals surface area (Å²) in [6.45, 7) is 4.39. The zero-order valence-corrected chi connectivity index (χ0v) is 22.1. The molecule has 0 unspecified atom stereocenters. The highest BCUT2D eigenvalue weighted by Crippen LogP contribution is 2.60. The summed E-state index contributed by atoms with van der Waals surface area (Å²) in [5.41, 5.74) is 1.50. The number of alkyl halides is 1.